The van der Waals surface area contributed by atoms with E-state index in [0.29, 0.717) is 19.3 Å². The van der Waals surface area contributed by atoms with Gasteiger partial charge >= 0.3 is 27.6 Å². The van der Waals surface area contributed by atoms with Crippen molar-refractivity contribution in [2.45, 2.75) is 180 Å². The van der Waals surface area contributed by atoms with Gasteiger partial charge < -0.3 is 29.3 Å². The van der Waals surface area contributed by atoms with Gasteiger partial charge in [-0.05, 0) is 51.4 Å². The third-order valence-electron chi connectivity index (χ3n) is 8.71. The Bertz CT molecular complexity index is 1200. The molecule has 0 aliphatic carbocycles. The minimum Gasteiger partial charge on any atom is -0.462 e. The SMILES string of the molecule is CCCCC/C=C\C/C=C\C/C=C\C/C=C\CCCC(=O)OC[C@H](COP(=O)(O)OC[C@@H](O)COP(=O)(O)O)OC(=O)CCCCCCCCCCCCCCC. The summed E-state index contributed by atoms with van der Waals surface area (Å²) in [7, 11) is -9.68. The fourth-order valence-electron chi connectivity index (χ4n) is 5.46. The van der Waals surface area contributed by atoms with Crippen molar-refractivity contribution in [2.75, 3.05) is 26.4 Å². The zero-order valence-corrected chi connectivity index (χ0v) is 36.7. The maximum atomic E-state index is 12.6. The molecule has 0 saturated carbocycles. The Hall–Kier alpha value is -1.92. The molecular weight excluding hydrogens is 774 g/mol. The topological polar surface area (TPSA) is 195 Å². The van der Waals surface area contributed by atoms with Crippen LogP contribution in [-0.4, -0.2) is 70.4 Å². The van der Waals surface area contributed by atoms with E-state index in [-0.39, 0.29) is 12.8 Å². The zero-order valence-electron chi connectivity index (χ0n) is 34.9. The lowest BCUT2D eigenvalue weighted by Crippen LogP contribution is -2.30. The molecule has 3 atom stereocenters. The second-order valence-corrected chi connectivity index (χ2v) is 17.0. The summed E-state index contributed by atoms with van der Waals surface area (Å²) in [6, 6.07) is 0. The molecule has 1 unspecified atom stereocenters. The summed E-state index contributed by atoms with van der Waals surface area (Å²) in [5.41, 5.74) is 0. The molecule has 15 heteroatoms. The summed E-state index contributed by atoms with van der Waals surface area (Å²) < 4.78 is 47.7. The quantitative estimate of drug-likeness (QED) is 0.0197. The number of hydrogen-bond donors (Lipinski definition) is 4. The monoisotopic (exact) mass is 850 g/mol. The largest absolute Gasteiger partial charge is 0.472 e. The van der Waals surface area contributed by atoms with Crippen LogP contribution in [0.15, 0.2) is 48.6 Å². The van der Waals surface area contributed by atoms with Crippen LogP contribution in [0.25, 0.3) is 0 Å². The number of aliphatic hydroxyl groups is 1. The molecule has 0 rings (SSSR count). The minimum absolute atomic E-state index is 0.120. The lowest BCUT2D eigenvalue weighted by molar-refractivity contribution is -0.161. The van der Waals surface area contributed by atoms with Gasteiger partial charge in [-0.1, -0.05) is 152 Å². The van der Waals surface area contributed by atoms with Crippen molar-refractivity contribution in [2.24, 2.45) is 0 Å². The molecule has 0 aliphatic rings. The first-order valence-electron chi connectivity index (χ1n) is 21.3. The number of allylic oxidation sites excluding steroid dienone is 8. The van der Waals surface area contributed by atoms with Crippen molar-refractivity contribution in [3.8, 4) is 0 Å². The average molecular weight is 851 g/mol. The Morgan fingerprint density at radius 2 is 0.930 bits per heavy atom. The number of rotatable bonds is 40. The molecule has 0 spiro atoms. The first-order valence-corrected chi connectivity index (χ1v) is 24.4. The van der Waals surface area contributed by atoms with Crippen LogP contribution in [0, 0.1) is 0 Å². The van der Waals surface area contributed by atoms with E-state index < -0.39 is 66.2 Å². The third-order valence-corrected chi connectivity index (χ3v) is 10.1. The molecule has 4 N–H and O–H groups in total. The maximum Gasteiger partial charge on any atom is 0.472 e. The van der Waals surface area contributed by atoms with Gasteiger partial charge in [-0.3, -0.25) is 23.2 Å². The predicted octanol–water partition coefficient (Wildman–Crippen LogP) is 10.7. The van der Waals surface area contributed by atoms with Gasteiger partial charge in [0.2, 0.25) is 0 Å². The molecule has 0 heterocycles. The highest BCUT2D eigenvalue weighted by Crippen LogP contribution is 2.43. The summed E-state index contributed by atoms with van der Waals surface area (Å²) in [6.07, 6.45) is 38.2. The molecule has 57 heavy (non-hydrogen) atoms. The second kappa shape index (κ2) is 38.3. The highest BCUT2D eigenvalue weighted by atomic mass is 31.2. The predicted molar refractivity (Wildman–Crippen MR) is 225 cm³/mol. The van der Waals surface area contributed by atoms with E-state index >= 15 is 0 Å². The Balaban J connectivity index is 4.61. The fraction of sp³-hybridized carbons (Fsp3) is 0.762. The van der Waals surface area contributed by atoms with E-state index in [1.54, 1.807) is 0 Å². The number of carbonyl (C=O) groups is 2. The van der Waals surface area contributed by atoms with Crippen molar-refractivity contribution in [1.82, 2.24) is 0 Å². The standard InChI is InChI=1S/C42H76O13P2/c1-3-5-7-9-11-13-15-17-18-19-20-22-23-25-27-29-31-33-41(44)51-37-40(38-54-57(49,50)53-36-39(43)35-52-56(46,47)48)55-42(45)34-32-30-28-26-24-21-16-14-12-10-8-6-4-2/h11,13,17-18,20,22,25,27,39-40,43H,3-10,12,14-16,19,21,23-24,26,28-38H2,1-2H3,(H,49,50)(H2,46,47,48)/b13-11-,18-17-,22-20-,27-25-/t39-,40+/m0/s1. The maximum absolute atomic E-state index is 12.6. The Kier molecular flexibility index (Phi) is 37.0. The number of unbranched alkanes of at least 4 members (excludes halogenated alkanes) is 16. The van der Waals surface area contributed by atoms with E-state index in [9.17, 15) is 28.7 Å². The lowest BCUT2D eigenvalue weighted by atomic mass is 10.0. The van der Waals surface area contributed by atoms with Gasteiger partial charge in [-0.15, -0.1) is 0 Å². The van der Waals surface area contributed by atoms with Crippen LogP contribution in [0.4, 0.5) is 0 Å². The third kappa shape index (κ3) is 42.0. The molecule has 13 nitrogen and oxygen atoms in total. The highest BCUT2D eigenvalue weighted by molar-refractivity contribution is 7.47. The molecule has 0 bridgehead atoms. The van der Waals surface area contributed by atoms with E-state index in [1.807, 2.05) is 12.2 Å². The van der Waals surface area contributed by atoms with Gasteiger partial charge in [0, 0.05) is 12.8 Å². The number of phosphoric acid groups is 2. The minimum atomic E-state index is -4.86. The number of phosphoric ester groups is 2. The first kappa shape index (κ1) is 55.1. The van der Waals surface area contributed by atoms with E-state index in [2.05, 4.69) is 59.4 Å². The van der Waals surface area contributed by atoms with Crippen LogP contribution in [0.2, 0.25) is 0 Å². The molecule has 0 amide bonds. The molecule has 0 fully saturated rings. The van der Waals surface area contributed by atoms with Crippen LogP contribution in [0.5, 0.6) is 0 Å². The van der Waals surface area contributed by atoms with Gasteiger partial charge in [0.05, 0.1) is 19.8 Å². The molecule has 0 aliphatic heterocycles. The second-order valence-electron chi connectivity index (χ2n) is 14.3. The Morgan fingerprint density at radius 1 is 0.509 bits per heavy atom. The van der Waals surface area contributed by atoms with Gasteiger partial charge in [0.1, 0.15) is 12.7 Å². The van der Waals surface area contributed by atoms with Crippen LogP contribution in [-0.2, 0) is 41.8 Å². The van der Waals surface area contributed by atoms with Crippen LogP contribution < -0.4 is 0 Å². The summed E-state index contributed by atoms with van der Waals surface area (Å²) in [6.45, 7) is 1.67. The van der Waals surface area contributed by atoms with E-state index in [4.69, 9.17) is 23.8 Å². The molecule has 0 saturated heterocycles. The van der Waals surface area contributed by atoms with Crippen LogP contribution in [0.1, 0.15) is 168 Å². The van der Waals surface area contributed by atoms with E-state index in [1.165, 1.54) is 77.0 Å². The number of esters is 2. The summed E-state index contributed by atoms with van der Waals surface area (Å²) in [5, 5.41) is 9.73. The number of ether oxygens (including phenoxy) is 2. The van der Waals surface area contributed by atoms with Gasteiger partial charge in [-0.2, -0.15) is 0 Å². The van der Waals surface area contributed by atoms with Crippen molar-refractivity contribution in [3.63, 3.8) is 0 Å². The van der Waals surface area contributed by atoms with E-state index in [0.717, 1.165) is 44.9 Å². The summed E-state index contributed by atoms with van der Waals surface area (Å²) in [5.74, 6) is -1.10. The first-order chi connectivity index (χ1) is 27.4. The van der Waals surface area contributed by atoms with Gasteiger partial charge in [-0.25, -0.2) is 9.13 Å². The summed E-state index contributed by atoms with van der Waals surface area (Å²) in [4.78, 5) is 52.6. The normalized spacial score (nSPS) is 14.6. The van der Waals surface area contributed by atoms with Crippen molar-refractivity contribution < 1.29 is 61.6 Å². The lowest BCUT2D eigenvalue weighted by Gasteiger charge is -2.20. The average Bonchev–Trinajstić information content (AvgIpc) is 3.17. The number of carbonyl (C=O) groups excluding carboxylic acids is 2. The molecule has 332 valence electrons. The van der Waals surface area contributed by atoms with Crippen molar-refractivity contribution in [3.05, 3.63) is 48.6 Å². The molecule has 0 aromatic carbocycles. The Morgan fingerprint density at radius 3 is 1.46 bits per heavy atom. The molecular formula is C42H76O13P2. The van der Waals surface area contributed by atoms with Crippen molar-refractivity contribution in [1.29, 1.82) is 0 Å². The van der Waals surface area contributed by atoms with Crippen LogP contribution in [0.3, 0.4) is 0 Å². The molecule has 0 aromatic rings. The smallest absolute Gasteiger partial charge is 0.462 e. The van der Waals surface area contributed by atoms with Crippen LogP contribution >= 0.6 is 15.6 Å². The fourth-order valence-corrected chi connectivity index (χ4v) is 6.61. The number of aliphatic hydroxyl groups excluding tert-OH is 1. The molecule has 0 aromatic heterocycles. The van der Waals surface area contributed by atoms with Gasteiger partial charge in [0.25, 0.3) is 0 Å². The summed E-state index contributed by atoms with van der Waals surface area (Å²) >= 11 is 0. The zero-order chi connectivity index (χ0) is 42.3. The molecule has 0 radical (unpaired) electrons. The highest BCUT2D eigenvalue weighted by Gasteiger charge is 2.28. The van der Waals surface area contributed by atoms with Crippen molar-refractivity contribution >= 4 is 27.6 Å². The van der Waals surface area contributed by atoms with Gasteiger partial charge in [0.15, 0.2) is 6.10 Å². The Labute approximate surface area is 343 Å². The number of hydrogen-bond acceptors (Lipinski definition) is 10.